The normalized spacial score (nSPS) is 16.9. The fraction of sp³-hybridized carbons (Fsp3) is 0.265. The van der Waals surface area contributed by atoms with Crippen molar-refractivity contribution in [2.24, 2.45) is 0 Å². The number of methoxy groups -OCH3 is 1. The van der Waals surface area contributed by atoms with Gasteiger partial charge in [-0.15, -0.1) is 0 Å². The van der Waals surface area contributed by atoms with Crippen LogP contribution in [0.15, 0.2) is 53.5 Å². The first-order valence-corrected chi connectivity index (χ1v) is 14.7. The summed E-state index contributed by atoms with van der Waals surface area (Å²) in [6, 6.07) is 8.25. The van der Waals surface area contributed by atoms with Crippen LogP contribution in [0, 0.1) is 20.8 Å². The number of ketones is 2. The number of Topliss-reactive ketones (excluding diaryl/α,β-unsaturated/α-hetero) is 2. The van der Waals surface area contributed by atoms with Gasteiger partial charge in [0.1, 0.15) is 51.9 Å². The number of aliphatic hydroxyl groups excluding tert-OH is 1. The molecule has 3 aromatic carbocycles. The van der Waals surface area contributed by atoms with E-state index in [9.17, 15) is 24.6 Å². The Morgan fingerprint density at radius 2 is 1.76 bits per heavy atom. The van der Waals surface area contributed by atoms with Gasteiger partial charge >= 0.3 is 0 Å². The zero-order valence-electron chi connectivity index (χ0n) is 25.5. The molecular weight excluding hydrogens is 621 g/mol. The molecule has 1 amide bonds. The number of allylic oxidation sites excluding steroid dienone is 3. The minimum atomic E-state index is -1.65. The Kier molecular flexibility index (Phi) is 8.37. The van der Waals surface area contributed by atoms with Crippen molar-refractivity contribution in [1.82, 2.24) is 5.32 Å². The molecule has 1 heterocycles. The molecule has 3 aromatic rings. The van der Waals surface area contributed by atoms with Gasteiger partial charge in [-0.1, -0.05) is 29.3 Å². The number of aromatic hydroxyl groups is 1. The van der Waals surface area contributed by atoms with E-state index in [1.165, 1.54) is 20.1 Å². The van der Waals surface area contributed by atoms with Crippen LogP contribution >= 0.6 is 23.2 Å². The zero-order valence-corrected chi connectivity index (χ0v) is 27.0. The zero-order chi connectivity index (χ0) is 33.0. The van der Waals surface area contributed by atoms with Gasteiger partial charge in [0.25, 0.3) is 5.91 Å². The number of phenolic OH excluding ortho intramolecular Hbond substituents is 1. The largest absolute Gasteiger partial charge is 0.507 e. The third kappa shape index (κ3) is 5.30. The third-order valence-corrected chi connectivity index (χ3v) is 9.03. The SMILES string of the molecule is COc1cc(O)c2c(c1C(=O)NCc1c(C)cc(COc3ccc(Cl)cc3Cl)c(C)c1C)OC1=CC(O)=C(C(C)=O)C(=O)[C@]12C. The summed E-state index contributed by atoms with van der Waals surface area (Å²) in [5, 5.41) is 25.2. The van der Waals surface area contributed by atoms with Gasteiger partial charge in [-0.05, 0) is 80.6 Å². The molecule has 9 nitrogen and oxygen atoms in total. The molecule has 0 fully saturated rings. The van der Waals surface area contributed by atoms with E-state index in [1.807, 2.05) is 26.8 Å². The molecular formula is C34H31Cl2NO8. The molecule has 0 saturated carbocycles. The summed E-state index contributed by atoms with van der Waals surface area (Å²) in [5.74, 6) is -2.47. The average molecular weight is 653 g/mol. The quantitative estimate of drug-likeness (QED) is 0.230. The maximum absolute atomic E-state index is 13.8. The number of phenols is 1. The molecule has 234 valence electrons. The lowest BCUT2D eigenvalue weighted by Crippen LogP contribution is -2.38. The van der Waals surface area contributed by atoms with Gasteiger partial charge in [-0.2, -0.15) is 0 Å². The van der Waals surface area contributed by atoms with Crippen LogP contribution < -0.4 is 19.5 Å². The molecule has 0 radical (unpaired) electrons. The van der Waals surface area contributed by atoms with E-state index in [0.29, 0.717) is 15.8 Å². The molecule has 0 unspecified atom stereocenters. The number of hydrogen-bond donors (Lipinski definition) is 3. The van der Waals surface area contributed by atoms with Crippen LogP contribution in [0.5, 0.6) is 23.0 Å². The Morgan fingerprint density at radius 3 is 2.40 bits per heavy atom. The van der Waals surface area contributed by atoms with Crippen LogP contribution in [0.2, 0.25) is 10.0 Å². The minimum Gasteiger partial charge on any atom is -0.507 e. The van der Waals surface area contributed by atoms with Gasteiger partial charge in [0.2, 0.25) is 0 Å². The molecule has 3 N–H and O–H groups in total. The van der Waals surface area contributed by atoms with Crippen molar-refractivity contribution in [3.05, 3.63) is 102 Å². The molecule has 1 aliphatic carbocycles. The van der Waals surface area contributed by atoms with Crippen LogP contribution in [-0.2, 0) is 28.2 Å². The summed E-state index contributed by atoms with van der Waals surface area (Å²) < 4.78 is 17.4. The van der Waals surface area contributed by atoms with Crippen molar-refractivity contribution in [3.63, 3.8) is 0 Å². The Bertz CT molecular complexity index is 1880. The first-order valence-electron chi connectivity index (χ1n) is 14.0. The molecule has 0 aromatic heterocycles. The van der Waals surface area contributed by atoms with E-state index < -0.39 is 34.2 Å². The first kappa shape index (κ1) is 31.9. The topological polar surface area (TPSA) is 131 Å². The number of aryl methyl sites for hydroxylation is 1. The van der Waals surface area contributed by atoms with Crippen LogP contribution in [0.25, 0.3) is 0 Å². The molecule has 5 rings (SSSR count). The van der Waals surface area contributed by atoms with E-state index in [4.69, 9.17) is 37.4 Å². The second-order valence-corrected chi connectivity index (χ2v) is 12.0. The van der Waals surface area contributed by atoms with Gasteiger partial charge < -0.3 is 29.7 Å². The number of ether oxygens (including phenoxy) is 3. The van der Waals surface area contributed by atoms with Crippen LogP contribution in [0.1, 0.15) is 57.6 Å². The highest BCUT2D eigenvalue weighted by atomic mass is 35.5. The lowest BCUT2D eigenvalue weighted by molar-refractivity contribution is -0.123. The Morgan fingerprint density at radius 1 is 1.04 bits per heavy atom. The number of carbonyl (C=O) groups excluding carboxylic acids is 3. The van der Waals surface area contributed by atoms with Gasteiger partial charge in [0.15, 0.2) is 17.3 Å². The Balaban J connectivity index is 1.44. The van der Waals surface area contributed by atoms with Crippen LogP contribution in [0.3, 0.4) is 0 Å². The van der Waals surface area contributed by atoms with Gasteiger partial charge in [0, 0.05) is 23.7 Å². The van der Waals surface area contributed by atoms with Crippen LogP contribution in [-0.4, -0.2) is 34.8 Å². The summed E-state index contributed by atoms with van der Waals surface area (Å²) in [6.07, 6.45) is 1.16. The molecule has 1 aliphatic heterocycles. The van der Waals surface area contributed by atoms with E-state index in [0.717, 1.165) is 40.8 Å². The fourth-order valence-corrected chi connectivity index (χ4v) is 6.33. The molecule has 0 spiro atoms. The summed E-state index contributed by atoms with van der Waals surface area (Å²) in [4.78, 5) is 39.5. The monoisotopic (exact) mass is 651 g/mol. The highest BCUT2D eigenvalue weighted by molar-refractivity contribution is 6.35. The van der Waals surface area contributed by atoms with Crippen molar-refractivity contribution >= 4 is 40.7 Å². The molecule has 0 saturated heterocycles. The van der Waals surface area contributed by atoms with Gasteiger partial charge in [-0.25, -0.2) is 0 Å². The van der Waals surface area contributed by atoms with Crippen molar-refractivity contribution < 1.29 is 38.8 Å². The van der Waals surface area contributed by atoms with E-state index in [1.54, 1.807) is 18.2 Å². The number of hydrogen-bond acceptors (Lipinski definition) is 8. The van der Waals surface area contributed by atoms with Crippen molar-refractivity contribution in [2.75, 3.05) is 7.11 Å². The second kappa shape index (κ2) is 11.8. The number of rotatable bonds is 8. The number of amides is 1. The Labute approximate surface area is 270 Å². The number of benzene rings is 3. The molecule has 0 bridgehead atoms. The van der Waals surface area contributed by atoms with Gasteiger partial charge in [-0.3, -0.25) is 14.4 Å². The van der Waals surface area contributed by atoms with E-state index in [-0.39, 0.29) is 47.3 Å². The maximum atomic E-state index is 13.8. The first-order chi connectivity index (χ1) is 21.2. The summed E-state index contributed by atoms with van der Waals surface area (Å²) in [7, 11) is 1.34. The molecule has 11 heteroatoms. The molecule has 1 atom stereocenters. The Hall–Kier alpha value is -4.47. The number of halogens is 2. The summed E-state index contributed by atoms with van der Waals surface area (Å²) >= 11 is 12.2. The summed E-state index contributed by atoms with van der Waals surface area (Å²) in [5.41, 5.74) is 2.61. The maximum Gasteiger partial charge on any atom is 0.259 e. The highest BCUT2D eigenvalue weighted by Crippen LogP contribution is 2.56. The predicted molar refractivity (Wildman–Crippen MR) is 169 cm³/mol. The van der Waals surface area contributed by atoms with Crippen LogP contribution in [0.4, 0.5) is 0 Å². The lowest BCUT2D eigenvalue weighted by atomic mass is 9.71. The number of fused-ring (bicyclic) bond motifs is 3. The number of aliphatic hydroxyl groups is 1. The fourth-order valence-electron chi connectivity index (χ4n) is 5.87. The standard InChI is InChI=1S/C34H31Cl2NO8/c1-15-9-19(14-44-25-8-7-20(35)10-22(25)36)16(2)17(3)21(15)13-37-33(42)29-26(43-6)11-24(40)30-31(29)45-27-12-23(39)28(18(4)38)32(41)34(27,30)5/h7-12,39-40H,13-14H2,1-6H3,(H,37,42)/t34-/m1/s1. The molecule has 45 heavy (non-hydrogen) atoms. The average Bonchev–Trinajstić information content (AvgIpc) is 3.27. The second-order valence-electron chi connectivity index (χ2n) is 11.2. The number of nitrogens with one attached hydrogen (secondary N) is 1. The summed E-state index contributed by atoms with van der Waals surface area (Å²) in [6.45, 7) is 8.92. The molecule has 2 aliphatic rings. The van der Waals surface area contributed by atoms with Crippen molar-refractivity contribution in [3.8, 4) is 23.0 Å². The lowest BCUT2D eigenvalue weighted by Gasteiger charge is -2.27. The van der Waals surface area contributed by atoms with Gasteiger partial charge in [0.05, 0.1) is 17.7 Å². The van der Waals surface area contributed by atoms with E-state index in [2.05, 4.69) is 5.32 Å². The number of carbonyl (C=O) groups is 3. The smallest absolute Gasteiger partial charge is 0.259 e. The highest BCUT2D eigenvalue weighted by Gasteiger charge is 2.55. The van der Waals surface area contributed by atoms with E-state index >= 15 is 0 Å². The third-order valence-electron chi connectivity index (χ3n) is 8.50. The van der Waals surface area contributed by atoms with Crippen molar-refractivity contribution in [1.29, 1.82) is 0 Å². The minimum absolute atomic E-state index is 0.00398. The van der Waals surface area contributed by atoms with Crippen molar-refractivity contribution in [2.45, 2.75) is 53.2 Å². The predicted octanol–water partition coefficient (Wildman–Crippen LogP) is 6.66.